The van der Waals surface area contributed by atoms with Gasteiger partial charge in [-0.15, -0.1) is 0 Å². The van der Waals surface area contributed by atoms with Crippen molar-refractivity contribution < 1.29 is 24.6 Å². The lowest BCUT2D eigenvalue weighted by atomic mass is 9.41. The summed E-state index contributed by atoms with van der Waals surface area (Å²) in [6.07, 6.45) is 5.55. The molecule has 0 radical (unpaired) electrons. The normalized spacial score (nSPS) is 31.2. The molecule has 0 saturated carbocycles. The van der Waals surface area contributed by atoms with Crippen LogP contribution in [0.2, 0.25) is 0 Å². The maximum atomic E-state index is 14.3. The molecule has 2 N–H and O–H groups in total. The van der Waals surface area contributed by atoms with E-state index in [9.17, 15) is 24.6 Å². The lowest BCUT2D eigenvalue weighted by molar-refractivity contribution is -0.0621. The number of hydrogen-bond acceptors (Lipinski definition) is 5. The van der Waals surface area contributed by atoms with Crippen molar-refractivity contribution in [3.8, 4) is 0 Å². The van der Waals surface area contributed by atoms with Crippen LogP contribution in [0.5, 0.6) is 0 Å². The summed E-state index contributed by atoms with van der Waals surface area (Å²) in [7, 11) is 0. The molecule has 0 spiro atoms. The van der Waals surface area contributed by atoms with Crippen LogP contribution in [0.1, 0.15) is 63.8 Å². The molecule has 0 saturated heterocycles. The third-order valence-corrected chi connectivity index (χ3v) is 8.16. The number of Topliss-reactive ketones (excluding diaryl/α,β-unsaturated/α-hetero) is 3. The van der Waals surface area contributed by atoms with E-state index in [1.165, 1.54) is 0 Å². The molecule has 4 aliphatic rings. The van der Waals surface area contributed by atoms with Gasteiger partial charge in [-0.1, -0.05) is 72.3 Å². The molecule has 0 amide bonds. The lowest BCUT2D eigenvalue weighted by Crippen LogP contribution is -2.64. The monoisotopic (exact) mass is 466 g/mol. The van der Waals surface area contributed by atoms with Gasteiger partial charge in [-0.3, -0.25) is 14.4 Å². The van der Waals surface area contributed by atoms with Gasteiger partial charge in [-0.05, 0) is 32.8 Å². The first-order valence-corrected chi connectivity index (χ1v) is 11.9. The maximum Gasteiger partial charge on any atom is 0.193 e. The molecule has 0 unspecified atom stereocenters. The van der Waals surface area contributed by atoms with Gasteiger partial charge in [0.1, 0.15) is 5.60 Å². The average Bonchev–Trinajstić information content (AvgIpc) is 2.82. The van der Waals surface area contributed by atoms with E-state index in [2.05, 4.69) is 0 Å². The van der Waals surface area contributed by atoms with Gasteiger partial charge in [0.05, 0.1) is 11.0 Å². The summed E-state index contributed by atoms with van der Waals surface area (Å²) < 4.78 is 0. The minimum Gasteiger partial charge on any atom is -0.386 e. The summed E-state index contributed by atoms with van der Waals surface area (Å²) in [5.41, 5.74) is -1.87. The Kier molecular flexibility index (Phi) is 4.31. The molecule has 176 valence electrons. The number of rotatable bonds is 2. The Morgan fingerprint density at radius 2 is 1.54 bits per heavy atom. The minimum absolute atomic E-state index is 0.0900. The second-order valence-electron chi connectivity index (χ2n) is 10.8. The van der Waals surface area contributed by atoms with Crippen molar-refractivity contribution >= 4 is 17.3 Å². The smallest absolute Gasteiger partial charge is 0.193 e. The fourth-order valence-electron chi connectivity index (χ4n) is 6.76. The lowest BCUT2D eigenvalue weighted by Gasteiger charge is -2.60. The summed E-state index contributed by atoms with van der Waals surface area (Å²) in [5, 5.41) is 23.2. The molecule has 6 rings (SSSR count). The zero-order valence-electron chi connectivity index (χ0n) is 19.8. The Labute approximate surface area is 203 Å². The number of ketones is 3. The number of benzene rings is 2. The molecule has 4 aliphatic carbocycles. The van der Waals surface area contributed by atoms with Crippen LogP contribution in [0.3, 0.4) is 0 Å². The van der Waals surface area contributed by atoms with E-state index >= 15 is 0 Å². The van der Waals surface area contributed by atoms with Crippen molar-refractivity contribution in [2.24, 2.45) is 17.3 Å². The Bertz CT molecular complexity index is 1450. The molecule has 0 heterocycles. The van der Waals surface area contributed by atoms with Gasteiger partial charge >= 0.3 is 0 Å². The van der Waals surface area contributed by atoms with Gasteiger partial charge in [0, 0.05) is 39.7 Å². The van der Waals surface area contributed by atoms with E-state index in [1.54, 1.807) is 74.5 Å². The van der Waals surface area contributed by atoms with Crippen LogP contribution in [0.4, 0.5) is 0 Å². The molecular weight excluding hydrogens is 440 g/mol. The van der Waals surface area contributed by atoms with Gasteiger partial charge in [0.15, 0.2) is 17.3 Å². The first-order chi connectivity index (χ1) is 16.5. The van der Waals surface area contributed by atoms with E-state index in [4.69, 9.17) is 0 Å². The summed E-state index contributed by atoms with van der Waals surface area (Å²) in [6, 6.07) is 13.5. The standard InChI is InChI=1S/C30H26O5/c1-16-14-21-23-24(26(32)18-9-5-4-8-17(18)25(23)31)30(35)20-11-7-6-10-19(20)27(33)29(21,22(30)15-16)13-12-28(2,3)34/h4-14,21-22,34-35H,15H2,1-3H3/b13-12+/t21-,22-,29+,30-/m0/s1. The topological polar surface area (TPSA) is 91.7 Å². The molecule has 2 aromatic rings. The van der Waals surface area contributed by atoms with Crippen molar-refractivity contribution in [2.45, 2.75) is 38.4 Å². The van der Waals surface area contributed by atoms with E-state index < -0.39 is 28.5 Å². The highest BCUT2D eigenvalue weighted by Crippen LogP contribution is 2.67. The van der Waals surface area contributed by atoms with Crippen LogP contribution in [0.25, 0.3) is 0 Å². The molecule has 0 aromatic heterocycles. The molecule has 2 aromatic carbocycles. The molecule has 0 fully saturated rings. The Hall–Kier alpha value is -3.41. The molecule has 35 heavy (non-hydrogen) atoms. The van der Waals surface area contributed by atoms with Crippen LogP contribution in [0.15, 0.2) is 83.5 Å². The number of allylic oxidation sites excluding steroid dienone is 4. The second kappa shape index (κ2) is 6.84. The fourth-order valence-corrected chi connectivity index (χ4v) is 6.76. The van der Waals surface area contributed by atoms with Gasteiger partial charge < -0.3 is 10.2 Å². The number of fused-ring (bicyclic) bond motifs is 5. The van der Waals surface area contributed by atoms with Crippen molar-refractivity contribution in [3.63, 3.8) is 0 Å². The molecule has 0 aliphatic heterocycles. The van der Waals surface area contributed by atoms with E-state index in [0.29, 0.717) is 17.5 Å². The SMILES string of the molecule is CC1=C[C@H]2C3=C(C(=O)c4ccccc4C3=O)[C@]3(O)c4ccccc4C(=O)[C@@]2(/C=C/C(C)(C)O)[C@@H]3C1. The van der Waals surface area contributed by atoms with Crippen LogP contribution in [-0.2, 0) is 5.60 Å². The number of carbonyl (C=O) groups is 3. The number of carbonyl (C=O) groups excluding carboxylic acids is 3. The largest absolute Gasteiger partial charge is 0.386 e. The van der Waals surface area contributed by atoms with Gasteiger partial charge in [0.2, 0.25) is 0 Å². The highest BCUT2D eigenvalue weighted by molar-refractivity contribution is 6.29. The summed E-state index contributed by atoms with van der Waals surface area (Å²) in [4.78, 5) is 42.3. The first kappa shape index (κ1) is 22.1. The number of aliphatic hydroxyl groups is 2. The fraction of sp³-hybridized carbons (Fsp3) is 0.300. The molecule has 5 nitrogen and oxygen atoms in total. The molecular formula is C30H26O5. The predicted octanol–water partition coefficient (Wildman–Crippen LogP) is 4.36. The summed E-state index contributed by atoms with van der Waals surface area (Å²) in [6.45, 7) is 5.16. The number of hydrogen-bond donors (Lipinski definition) is 2. The van der Waals surface area contributed by atoms with Crippen molar-refractivity contribution in [2.75, 3.05) is 0 Å². The third kappa shape index (κ3) is 2.63. The van der Waals surface area contributed by atoms with Crippen molar-refractivity contribution in [1.82, 2.24) is 0 Å². The predicted molar refractivity (Wildman–Crippen MR) is 130 cm³/mol. The van der Waals surface area contributed by atoms with E-state index in [0.717, 1.165) is 5.57 Å². The van der Waals surface area contributed by atoms with Crippen molar-refractivity contribution in [3.05, 3.63) is 106 Å². The van der Waals surface area contributed by atoms with E-state index in [1.807, 2.05) is 13.0 Å². The first-order valence-electron chi connectivity index (χ1n) is 11.9. The third-order valence-electron chi connectivity index (χ3n) is 8.16. The van der Waals surface area contributed by atoms with Gasteiger partial charge in [-0.25, -0.2) is 0 Å². The van der Waals surface area contributed by atoms with Gasteiger partial charge in [0.25, 0.3) is 0 Å². The van der Waals surface area contributed by atoms with Crippen LogP contribution in [0, 0.1) is 17.3 Å². The zero-order chi connectivity index (χ0) is 24.9. The van der Waals surface area contributed by atoms with Crippen LogP contribution < -0.4 is 0 Å². The van der Waals surface area contributed by atoms with Crippen LogP contribution >= 0.6 is 0 Å². The Morgan fingerprint density at radius 1 is 0.943 bits per heavy atom. The second-order valence-corrected chi connectivity index (χ2v) is 10.8. The van der Waals surface area contributed by atoms with Crippen molar-refractivity contribution in [1.29, 1.82) is 0 Å². The minimum atomic E-state index is -1.84. The quantitative estimate of drug-likeness (QED) is 0.642. The van der Waals surface area contributed by atoms with Gasteiger partial charge in [-0.2, -0.15) is 0 Å². The Morgan fingerprint density at radius 3 is 2.20 bits per heavy atom. The maximum absolute atomic E-state index is 14.3. The van der Waals surface area contributed by atoms with E-state index in [-0.39, 0.29) is 39.6 Å². The zero-order valence-corrected chi connectivity index (χ0v) is 19.8. The van der Waals surface area contributed by atoms with Crippen LogP contribution in [-0.4, -0.2) is 33.2 Å². The molecule has 5 heteroatoms. The molecule has 4 bridgehead atoms. The Balaban J connectivity index is 1.78. The average molecular weight is 467 g/mol. The summed E-state index contributed by atoms with van der Waals surface area (Å²) >= 11 is 0. The summed E-state index contributed by atoms with van der Waals surface area (Å²) in [5.74, 6) is -2.35. The molecule has 4 atom stereocenters. The highest BCUT2D eigenvalue weighted by atomic mass is 16.3. The highest BCUT2D eigenvalue weighted by Gasteiger charge is 2.70.